The van der Waals surface area contributed by atoms with Crippen molar-refractivity contribution in [3.63, 3.8) is 0 Å². The predicted octanol–water partition coefficient (Wildman–Crippen LogP) is 4.57. The van der Waals surface area contributed by atoms with Gasteiger partial charge in [0, 0.05) is 23.4 Å². The van der Waals surface area contributed by atoms with E-state index in [1.807, 2.05) is 63.1 Å². The molecule has 3 rings (SSSR count). The van der Waals surface area contributed by atoms with Gasteiger partial charge in [0.15, 0.2) is 0 Å². The number of rotatable bonds is 13. The first kappa shape index (κ1) is 28.2. The van der Waals surface area contributed by atoms with Gasteiger partial charge < -0.3 is 4.90 Å². The molecule has 36 heavy (non-hydrogen) atoms. The standard InChI is InChI=1S/C26H34FN3O4S2/c1-26(2,3)34-30(19-31)18-22-12-11-20(16-23(22)27)8-7-14-29(4)15-13-28-36(32,33)25-17-21-9-5-6-10-24(21)35-25/h5-6,9-12,16-17,19,28H,7-8,13-15,18H2,1-4H3. The van der Waals surface area contributed by atoms with E-state index in [4.69, 9.17) is 4.84 Å². The monoisotopic (exact) mass is 535 g/mol. The molecule has 3 aromatic rings. The summed E-state index contributed by atoms with van der Waals surface area (Å²) in [6, 6.07) is 14.3. The van der Waals surface area contributed by atoms with Gasteiger partial charge in [-0.2, -0.15) is 0 Å². The molecule has 2 aromatic carbocycles. The van der Waals surface area contributed by atoms with Crippen molar-refractivity contribution in [2.45, 2.75) is 50.0 Å². The Balaban J connectivity index is 1.42. The van der Waals surface area contributed by atoms with Crippen LogP contribution in [0, 0.1) is 5.82 Å². The molecule has 10 heteroatoms. The number of amides is 1. The molecule has 1 aromatic heterocycles. The van der Waals surface area contributed by atoms with Crippen molar-refractivity contribution in [1.82, 2.24) is 14.7 Å². The van der Waals surface area contributed by atoms with Crippen LogP contribution in [0.5, 0.6) is 0 Å². The molecule has 0 atom stereocenters. The van der Waals surface area contributed by atoms with Crippen LogP contribution in [0.4, 0.5) is 4.39 Å². The molecule has 0 unspecified atom stereocenters. The van der Waals surface area contributed by atoms with Crippen LogP contribution >= 0.6 is 11.3 Å². The van der Waals surface area contributed by atoms with Crippen molar-refractivity contribution in [1.29, 1.82) is 0 Å². The van der Waals surface area contributed by atoms with Gasteiger partial charge in [-0.15, -0.1) is 11.3 Å². The van der Waals surface area contributed by atoms with Gasteiger partial charge in [-0.1, -0.05) is 30.3 Å². The van der Waals surface area contributed by atoms with Crippen LogP contribution in [-0.4, -0.2) is 57.1 Å². The minimum absolute atomic E-state index is 0.0347. The normalized spacial score (nSPS) is 12.4. The van der Waals surface area contributed by atoms with Gasteiger partial charge in [0.05, 0.1) is 12.1 Å². The van der Waals surface area contributed by atoms with Crippen LogP contribution in [0.25, 0.3) is 10.1 Å². The number of sulfonamides is 1. The zero-order valence-electron chi connectivity index (χ0n) is 21.2. The van der Waals surface area contributed by atoms with E-state index in [1.165, 1.54) is 17.4 Å². The highest BCUT2D eigenvalue weighted by atomic mass is 32.2. The number of nitrogens with zero attached hydrogens (tertiary/aromatic N) is 2. The fourth-order valence-corrected chi connectivity index (χ4v) is 6.15. The number of hydroxylamine groups is 2. The number of carbonyl (C=O) groups is 1. The van der Waals surface area contributed by atoms with Gasteiger partial charge in [0.1, 0.15) is 10.0 Å². The maximum atomic E-state index is 14.6. The lowest BCUT2D eigenvalue weighted by Gasteiger charge is -2.26. The molecule has 0 spiro atoms. The first-order valence-electron chi connectivity index (χ1n) is 11.8. The van der Waals surface area contributed by atoms with Crippen LogP contribution < -0.4 is 4.72 Å². The molecule has 1 N–H and O–H groups in total. The molecule has 1 amide bonds. The Hall–Kier alpha value is -2.37. The Morgan fingerprint density at radius 3 is 2.53 bits per heavy atom. The number of nitrogens with one attached hydrogen (secondary N) is 1. The van der Waals surface area contributed by atoms with Gasteiger partial charge in [-0.25, -0.2) is 22.6 Å². The van der Waals surface area contributed by atoms with Crippen molar-refractivity contribution in [3.05, 3.63) is 65.5 Å². The summed E-state index contributed by atoms with van der Waals surface area (Å²) < 4.78 is 43.7. The molecule has 0 saturated heterocycles. The summed E-state index contributed by atoms with van der Waals surface area (Å²) in [5, 5.41) is 2.02. The zero-order valence-corrected chi connectivity index (χ0v) is 22.8. The van der Waals surface area contributed by atoms with E-state index in [0.717, 1.165) is 33.7 Å². The summed E-state index contributed by atoms with van der Waals surface area (Å²) in [4.78, 5) is 18.8. The van der Waals surface area contributed by atoms with Crippen molar-refractivity contribution in [2.75, 3.05) is 26.7 Å². The van der Waals surface area contributed by atoms with E-state index in [0.29, 0.717) is 35.7 Å². The first-order valence-corrected chi connectivity index (χ1v) is 14.1. The summed E-state index contributed by atoms with van der Waals surface area (Å²) in [5.41, 5.74) is 0.699. The zero-order chi connectivity index (χ0) is 26.3. The maximum Gasteiger partial charge on any atom is 0.250 e. The number of aryl methyl sites for hydroxylation is 1. The van der Waals surface area contributed by atoms with Gasteiger partial charge in [-0.3, -0.25) is 9.63 Å². The fourth-order valence-electron chi connectivity index (χ4n) is 3.68. The highest BCUT2D eigenvalue weighted by molar-refractivity contribution is 7.91. The van der Waals surface area contributed by atoms with E-state index < -0.39 is 15.6 Å². The van der Waals surface area contributed by atoms with Crippen molar-refractivity contribution >= 4 is 37.9 Å². The third kappa shape index (κ3) is 8.35. The first-order chi connectivity index (χ1) is 17.0. The highest BCUT2D eigenvalue weighted by Gasteiger charge is 2.18. The van der Waals surface area contributed by atoms with E-state index in [9.17, 15) is 17.6 Å². The second kappa shape index (κ2) is 12.2. The van der Waals surface area contributed by atoms with E-state index >= 15 is 0 Å². The van der Waals surface area contributed by atoms with Crippen LogP contribution in [0.3, 0.4) is 0 Å². The lowest BCUT2D eigenvalue weighted by molar-refractivity contribution is -0.220. The number of hydrogen-bond acceptors (Lipinski definition) is 6. The smallest absolute Gasteiger partial charge is 0.250 e. The topological polar surface area (TPSA) is 79.0 Å². The molecule has 1 heterocycles. The van der Waals surface area contributed by atoms with E-state index in [-0.39, 0.29) is 12.4 Å². The molecule has 0 fully saturated rings. The Morgan fingerprint density at radius 1 is 1.11 bits per heavy atom. The molecule has 0 aliphatic heterocycles. The Bertz CT molecular complexity index is 1240. The Labute approximate surface area is 216 Å². The lowest BCUT2D eigenvalue weighted by atomic mass is 10.1. The van der Waals surface area contributed by atoms with Gasteiger partial charge >= 0.3 is 0 Å². The molecule has 7 nitrogen and oxygen atoms in total. The molecule has 0 bridgehead atoms. The summed E-state index contributed by atoms with van der Waals surface area (Å²) in [6.07, 6.45) is 2.04. The SMILES string of the molecule is CN(CCCc1ccc(CN(C=O)OC(C)(C)C)c(F)c1)CCNS(=O)(=O)c1cc2ccccc2s1. The van der Waals surface area contributed by atoms with E-state index in [1.54, 1.807) is 12.1 Å². The number of carbonyl (C=O) groups excluding carboxylic acids is 1. The van der Waals surface area contributed by atoms with Gasteiger partial charge in [0.25, 0.3) is 0 Å². The summed E-state index contributed by atoms with van der Waals surface area (Å²) in [6.45, 7) is 7.10. The maximum absolute atomic E-state index is 14.6. The van der Waals surface area contributed by atoms with Gasteiger partial charge in [-0.05, 0) is 76.4 Å². The third-order valence-corrected chi connectivity index (χ3v) is 8.46. The van der Waals surface area contributed by atoms with E-state index in [2.05, 4.69) is 4.72 Å². The summed E-state index contributed by atoms with van der Waals surface area (Å²) in [7, 11) is -1.61. The minimum Gasteiger partial charge on any atom is -0.305 e. The molecule has 0 saturated carbocycles. The molecule has 0 aliphatic carbocycles. The van der Waals surface area contributed by atoms with Crippen molar-refractivity contribution in [2.24, 2.45) is 0 Å². The van der Waals surface area contributed by atoms with Crippen LogP contribution in [0.1, 0.15) is 38.3 Å². The summed E-state index contributed by atoms with van der Waals surface area (Å²) in [5.74, 6) is -0.374. The second-order valence-electron chi connectivity index (χ2n) is 9.72. The molecule has 0 aliphatic rings. The Kier molecular flexibility index (Phi) is 9.59. The summed E-state index contributed by atoms with van der Waals surface area (Å²) >= 11 is 1.26. The van der Waals surface area contributed by atoms with Crippen LogP contribution in [0.2, 0.25) is 0 Å². The van der Waals surface area contributed by atoms with Crippen LogP contribution in [0.15, 0.2) is 52.7 Å². The third-order valence-electron chi connectivity index (χ3n) is 5.41. The lowest BCUT2D eigenvalue weighted by Crippen LogP contribution is -2.33. The average Bonchev–Trinajstić information content (AvgIpc) is 3.25. The predicted molar refractivity (Wildman–Crippen MR) is 142 cm³/mol. The van der Waals surface area contributed by atoms with Gasteiger partial charge in [0.2, 0.25) is 16.4 Å². The molecule has 0 radical (unpaired) electrons. The molecular formula is C26H34FN3O4S2. The molecular weight excluding hydrogens is 501 g/mol. The number of fused-ring (bicyclic) bond motifs is 1. The number of hydrogen-bond donors (Lipinski definition) is 1. The number of thiophene rings is 1. The Morgan fingerprint density at radius 2 is 1.86 bits per heavy atom. The van der Waals surface area contributed by atoms with Crippen molar-refractivity contribution < 1.29 is 22.4 Å². The fraction of sp³-hybridized carbons (Fsp3) is 0.423. The molecule has 196 valence electrons. The number of halogens is 1. The average molecular weight is 536 g/mol. The largest absolute Gasteiger partial charge is 0.305 e. The number of likely N-dealkylation sites (N-methyl/N-ethyl adjacent to an activating group) is 1. The number of benzene rings is 2. The highest BCUT2D eigenvalue weighted by Crippen LogP contribution is 2.28. The second-order valence-corrected chi connectivity index (χ2v) is 12.8. The van der Waals surface area contributed by atoms with Crippen LogP contribution in [-0.2, 0) is 32.6 Å². The minimum atomic E-state index is -3.55. The quantitative estimate of drug-likeness (QED) is 0.256. The van der Waals surface area contributed by atoms with Crippen molar-refractivity contribution in [3.8, 4) is 0 Å².